The van der Waals surface area contributed by atoms with Crippen LogP contribution < -0.4 is 5.32 Å². The van der Waals surface area contributed by atoms with Crippen molar-refractivity contribution in [1.29, 1.82) is 0 Å². The molecule has 1 N–H and O–H groups in total. The van der Waals surface area contributed by atoms with E-state index in [1.807, 2.05) is 6.08 Å². The van der Waals surface area contributed by atoms with Crippen LogP contribution >= 0.6 is 0 Å². The second-order valence-electron chi connectivity index (χ2n) is 3.04. The summed E-state index contributed by atoms with van der Waals surface area (Å²) in [4.78, 5) is 10.1. The van der Waals surface area contributed by atoms with Gasteiger partial charge in [-0.15, -0.1) is 0 Å². The van der Waals surface area contributed by atoms with Crippen LogP contribution in [0.25, 0.3) is 0 Å². The van der Waals surface area contributed by atoms with E-state index in [1.165, 1.54) is 5.57 Å². The Hall–Kier alpha value is -1.31. The summed E-state index contributed by atoms with van der Waals surface area (Å²) in [6.45, 7) is 10.0. The normalized spacial score (nSPS) is 10.8. The standard InChI is InChI=1S/C12H19NO/c1-4-6-12(5-2)8-7-11(3)13-9-10-14/h5-6,10,13H,2-4,7-9H2,1H3/b12-6+. The number of nitrogens with one attached hydrogen (secondary N) is 1. The van der Waals surface area contributed by atoms with Crippen molar-refractivity contribution < 1.29 is 4.79 Å². The summed E-state index contributed by atoms with van der Waals surface area (Å²) in [5.41, 5.74) is 2.14. The predicted octanol–water partition coefficient (Wildman–Crippen LogP) is 2.59. The van der Waals surface area contributed by atoms with Crippen LogP contribution in [-0.2, 0) is 4.79 Å². The van der Waals surface area contributed by atoms with Crippen molar-refractivity contribution in [1.82, 2.24) is 5.32 Å². The van der Waals surface area contributed by atoms with Crippen molar-refractivity contribution in [2.24, 2.45) is 0 Å². The number of carbonyl (C=O) groups excluding carboxylic acids is 1. The number of aldehydes is 1. The van der Waals surface area contributed by atoms with Gasteiger partial charge in [0.15, 0.2) is 0 Å². The van der Waals surface area contributed by atoms with Gasteiger partial charge in [-0.25, -0.2) is 0 Å². The largest absolute Gasteiger partial charge is 0.382 e. The molecule has 0 aliphatic carbocycles. The molecule has 14 heavy (non-hydrogen) atoms. The molecule has 0 spiro atoms. The number of hydrogen-bond donors (Lipinski definition) is 1. The lowest BCUT2D eigenvalue weighted by Crippen LogP contribution is -2.14. The Morgan fingerprint density at radius 2 is 2.14 bits per heavy atom. The second-order valence-corrected chi connectivity index (χ2v) is 3.04. The van der Waals surface area contributed by atoms with Gasteiger partial charge in [0.25, 0.3) is 0 Å². The number of hydrogen-bond acceptors (Lipinski definition) is 2. The Bertz CT molecular complexity index is 228. The van der Waals surface area contributed by atoms with Crippen molar-refractivity contribution in [2.45, 2.75) is 26.2 Å². The molecule has 0 aliphatic rings. The van der Waals surface area contributed by atoms with Gasteiger partial charge in [-0.1, -0.05) is 37.8 Å². The molecule has 0 aromatic heterocycles. The minimum atomic E-state index is 0.347. The molecule has 0 saturated carbocycles. The lowest BCUT2D eigenvalue weighted by atomic mass is 10.1. The molecule has 2 nitrogen and oxygen atoms in total. The van der Waals surface area contributed by atoms with Crippen LogP contribution in [0.4, 0.5) is 0 Å². The first kappa shape index (κ1) is 12.7. The van der Waals surface area contributed by atoms with E-state index >= 15 is 0 Å². The zero-order chi connectivity index (χ0) is 10.8. The summed E-state index contributed by atoms with van der Waals surface area (Å²) in [7, 11) is 0. The van der Waals surface area contributed by atoms with E-state index in [2.05, 4.69) is 31.5 Å². The van der Waals surface area contributed by atoms with Gasteiger partial charge in [-0.3, -0.25) is 0 Å². The number of carbonyl (C=O) groups is 1. The van der Waals surface area contributed by atoms with E-state index in [-0.39, 0.29) is 0 Å². The molecule has 0 radical (unpaired) electrons. The summed E-state index contributed by atoms with van der Waals surface area (Å²) < 4.78 is 0. The SMILES string of the molecule is C=C/C(=C\CC)CCC(=C)NCC=O. The van der Waals surface area contributed by atoms with Gasteiger partial charge < -0.3 is 10.1 Å². The van der Waals surface area contributed by atoms with Gasteiger partial charge in [0.1, 0.15) is 6.29 Å². The van der Waals surface area contributed by atoms with E-state index < -0.39 is 0 Å². The summed E-state index contributed by atoms with van der Waals surface area (Å²) >= 11 is 0. The first-order valence-electron chi connectivity index (χ1n) is 4.91. The van der Waals surface area contributed by atoms with E-state index in [4.69, 9.17) is 0 Å². The molecule has 0 amide bonds. The first-order valence-corrected chi connectivity index (χ1v) is 4.91. The minimum absolute atomic E-state index is 0.347. The third-order valence-electron chi connectivity index (χ3n) is 1.88. The number of allylic oxidation sites excluding steroid dienone is 4. The van der Waals surface area contributed by atoms with Crippen LogP contribution in [0, 0.1) is 0 Å². The molecule has 0 aliphatic heterocycles. The first-order chi connectivity index (χ1) is 6.74. The van der Waals surface area contributed by atoms with Gasteiger partial charge >= 0.3 is 0 Å². The van der Waals surface area contributed by atoms with Crippen LogP contribution in [0.1, 0.15) is 26.2 Å². The highest BCUT2D eigenvalue weighted by Gasteiger charge is 1.95. The molecular weight excluding hydrogens is 174 g/mol. The molecular formula is C12H19NO. The quantitative estimate of drug-likeness (QED) is 0.474. The molecule has 0 atom stereocenters. The smallest absolute Gasteiger partial charge is 0.139 e. The Morgan fingerprint density at radius 1 is 1.43 bits per heavy atom. The monoisotopic (exact) mass is 193 g/mol. The van der Waals surface area contributed by atoms with Crippen LogP contribution in [0.3, 0.4) is 0 Å². The van der Waals surface area contributed by atoms with Gasteiger partial charge in [-0.05, 0) is 19.3 Å². The fourth-order valence-electron chi connectivity index (χ4n) is 1.12. The van der Waals surface area contributed by atoms with E-state index in [0.717, 1.165) is 31.2 Å². The Labute approximate surface area is 86.4 Å². The topological polar surface area (TPSA) is 29.1 Å². The lowest BCUT2D eigenvalue weighted by Gasteiger charge is -2.06. The molecule has 0 heterocycles. The second kappa shape index (κ2) is 8.30. The van der Waals surface area contributed by atoms with Gasteiger partial charge in [0.2, 0.25) is 0 Å². The summed E-state index contributed by atoms with van der Waals surface area (Å²) in [6, 6.07) is 0. The summed E-state index contributed by atoms with van der Waals surface area (Å²) in [5, 5.41) is 2.93. The van der Waals surface area contributed by atoms with Crippen molar-refractivity contribution in [3.05, 3.63) is 36.6 Å². The van der Waals surface area contributed by atoms with Crippen LogP contribution in [0.2, 0.25) is 0 Å². The molecule has 0 rings (SSSR count). The van der Waals surface area contributed by atoms with Crippen molar-refractivity contribution in [3.8, 4) is 0 Å². The maximum Gasteiger partial charge on any atom is 0.139 e. The molecule has 0 aromatic rings. The van der Waals surface area contributed by atoms with Gasteiger partial charge in [-0.2, -0.15) is 0 Å². The zero-order valence-electron chi connectivity index (χ0n) is 8.88. The molecule has 2 heteroatoms. The van der Waals surface area contributed by atoms with Crippen molar-refractivity contribution in [2.75, 3.05) is 6.54 Å². The van der Waals surface area contributed by atoms with Crippen LogP contribution in [0.15, 0.2) is 36.6 Å². The average molecular weight is 193 g/mol. The molecule has 0 saturated heterocycles. The summed E-state index contributed by atoms with van der Waals surface area (Å²) in [6.07, 6.45) is 7.67. The fourth-order valence-corrected chi connectivity index (χ4v) is 1.12. The minimum Gasteiger partial charge on any atom is -0.382 e. The maximum absolute atomic E-state index is 10.1. The molecule has 0 aromatic carbocycles. The molecule has 0 bridgehead atoms. The Kier molecular flexibility index (Phi) is 7.52. The van der Waals surface area contributed by atoms with E-state index in [0.29, 0.717) is 6.54 Å². The van der Waals surface area contributed by atoms with Gasteiger partial charge in [0.05, 0.1) is 6.54 Å². The van der Waals surface area contributed by atoms with Crippen LogP contribution in [-0.4, -0.2) is 12.8 Å². The highest BCUT2D eigenvalue weighted by molar-refractivity contribution is 5.52. The third kappa shape index (κ3) is 6.23. The maximum atomic E-state index is 10.1. The van der Waals surface area contributed by atoms with Crippen LogP contribution in [0.5, 0.6) is 0 Å². The van der Waals surface area contributed by atoms with Crippen molar-refractivity contribution >= 4 is 6.29 Å². The zero-order valence-corrected chi connectivity index (χ0v) is 8.88. The highest BCUT2D eigenvalue weighted by atomic mass is 16.1. The summed E-state index contributed by atoms with van der Waals surface area (Å²) in [5.74, 6) is 0. The molecule has 78 valence electrons. The third-order valence-corrected chi connectivity index (χ3v) is 1.88. The van der Waals surface area contributed by atoms with E-state index in [1.54, 1.807) is 0 Å². The Morgan fingerprint density at radius 3 is 2.64 bits per heavy atom. The predicted molar refractivity (Wildman–Crippen MR) is 61.0 cm³/mol. The Balaban J connectivity index is 3.79. The van der Waals surface area contributed by atoms with Crippen molar-refractivity contribution in [3.63, 3.8) is 0 Å². The fraction of sp³-hybridized carbons (Fsp3) is 0.417. The lowest BCUT2D eigenvalue weighted by molar-refractivity contribution is -0.107. The van der Waals surface area contributed by atoms with E-state index in [9.17, 15) is 4.79 Å². The number of rotatable bonds is 8. The highest BCUT2D eigenvalue weighted by Crippen LogP contribution is 2.10. The molecule has 0 fully saturated rings. The van der Waals surface area contributed by atoms with Gasteiger partial charge in [0, 0.05) is 5.70 Å². The molecule has 0 unspecified atom stereocenters. The average Bonchev–Trinajstić information content (AvgIpc) is 2.21.